The zero-order chi connectivity index (χ0) is 12.3. The third-order valence-electron chi connectivity index (χ3n) is 1.64. The van der Waals surface area contributed by atoms with Gasteiger partial charge in [0.15, 0.2) is 0 Å². The summed E-state index contributed by atoms with van der Waals surface area (Å²) in [6, 6.07) is 2.76. The lowest BCUT2D eigenvalue weighted by atomic mass is 10.2. The SMILES string of the molecule is COC(=O)/C(Br)=C(/c1cccs1)C(F)(F)F. The molecule has 0 spiro atoms. The van der Waals surface area contributed by atoms with Crippen LogP contribution >= 0.6 is 27.3 Å². The van der Waals surface area contributed by atoms with Gasteiger partial charge < -0.3 is 4.74 Å². The van der Waals surface area contributed by atoms with Gasteiger partial charge in [-0.2, -0.15) is 13.2 Å². The van der Waals surface area contributed by atoms with Crippen molar-refractivity contribution in [2.75, 3.05) is 7.11 Å². The van der Waals surface area contributed by atoms with Crippen LogP contribution in [0.3, 0.4) is 0 Å². The molecule has 1 aromatic rings. The maximum atomic E-state index is 12.7. The summed E-state index contributed by atoms with van der Waals surface area (Å²) in [7, 11) is 1.02. The molecule has 2 nitrogen and oxygen atoms in total. The minimum atomic E-state index is -4.61. The maximum Gasteiger partial charge on any atom is 0.419 e. The fraction of sp³-hybridized carbons (Fsp3) is 0.222. The van der Waals surface area contributed by atoms with E-state index >= 15 is 0 Å². The van der Waals surface area contributed by atoms with Crippen molar-refractivity contribution in [2.24, 2.45) is 0 Å². The Balaban J connectivity index is 3.32. The van der Waals surface area contributed by atoms with Gasteiger partial charge in [-0.25, -0.2) is 4.79 Å². The standard InChI is InChI=1S/C9H6BrF3O2S/c1-15-8(14)7(10)6(9(11,12)13)5-3-2-4-16-5/h2-4H,1H3/b7-6+. The first-order chi connectivity index (χ1) is 7.38. The van der Waals surface area contributed by atoms with Gasteiger partial charge in [0.1, 0.15) is 4.48 Å². The van der Waals surface area contributed by atoms with Gasteiger partial charge in [0, 0.05) is 4.88 Å². The Labute approximate surface area is 102 Å². The molecule has 0 fully saturated rings. The van der Waals surface area contributed by atoms with E-state index in [1.807, 2.05) is 0 Å². The van der Waals surface area contributed by atoms with E-state index in [1.165, 1.54) is 17.5 Å². The number of carbonyl (C=O) groups excluding carboxylic acids is 1. The zero-order valence-corrected chi connectivity index (χ0v) is 10.4. The van der Waals surface area contributed by atoms with E-state index in [1.54, 1.807) is 0 Å². The normalized spacial score (nSPS) is 13.3. The highest BCUT2D eigenvalue weighted by Crippen LogP contribution is 2.40. The first kappa shape index (κ1) is 13.2. The van der Waals surface area contributed by atoms with Crippen LogP contribution in [0.2, 0.25) is 0 Å². The van der Waals surface area contributed by atoms with Crippen molar-refractivity contribution in [2.45, 2.75) is 6.18 Å². The lowest BCUT2D eigenvalue weighted by molar-refractivity contribution is -0.135. The van der Waals surface area contributed by atoms with Crippen LogP contribution < -0.4 is 0 Å². The Hall–Kier alpha value is -0.820. The van der Waals surface area contributed by atoms with E-state index in [4.69, 9.17) is 0 Å². The van der Waals surface area contributed by atoms with Crippen molar-refractivity contribution < 1.29 is 22.7 Å². The highest BCUT2D eigenvalue weighted by atomic mass is 79.9. The van der Waals surface area contributed by atoms with Crippen LogP contribution in [0.15, 0.2) is 22.0 Å². The molecule has 16 heavy (non-hydrogen) atoms. The van der Waals surface area contributed by atoms with E-state index < -0.39 is 22.2 Å². The molecule has 0 aromatic carbocycles. The predicted octanol–water partition coefficient (Wildman–Crippen LogP) is 3.59. The third-order valence-corrected chi connectivity index (χ3v) is 3.24. The number of carbonyl (C=O) groups is 1. The smallest absolute Gasteiger partial charge is 0.419 e. The molecule has 0 amide bonds. The molecule has 88 valence electrons. The average molecular weight is 315 g/mol. The summed E-state index contributed by atoms with van der Waals surface area (Å²) in [6.07, 6.45) is -4.61. The second-order valence-corrected chi connectivity index (χ2v) is 4.40. The maximum absolute atomic E-state index is 12.7. The number of alkyl halides is 3. The van der Waals surface area contributed by atoms with E-state index in [0.717, 1.165) is 18.4 Å². The van der Waals surface area contributed by atoms with Gasteiger partial charge in [0.2, 0.25) is 0 Å². The van der Waals surface area contributed by atoms with Crippen molar-refractivity contribution in [1.82, 2.24) is 0 Å². The van der Waals surface area contributed by atoms with Gasteiger partial charge in [-0.1, -0.05) is 6.07 Å². The van der Waals surface area contributed by atoms with Gasteiger partial charge in [-0.15, -0.1) is 11.3 Å². The van der Waals surface area contributed by atoms with Gasteiger partial charge in [0.25, 0.3) is 0 Å². The lowest BCUT2D eigenvalue weighted by Gasteiger charge is -2.11. The number of hydrogen-bond acceptors (Lipinski definition) is 3. The van der Waals surface area contributed by atoms with Gasteiger partial charge in [-0.05, 0) is 27.4 Å². The number of methoxy groups -OCH3 is 1. The van der Waals surface area contributed by atoms with Crippen LogP contribution in [-0.4, -0.2) is 19.3 Å². The third kappa shape index (κ3) is 2.85. The molecular formula is C9H6BrF3O2S. The quantitative estimate of drug-likeness (QED) is 0.616. The number of esters is 1. The van der Waals surface area contributed by atoms with Crippen molar-refractivity contribution in [1.29, 1.82) is 0 Å². The molecule has 0 saturated carbocycles. The summed E-state index contributed by atoms with van der Waals surface area (Å²) in [5, 5.41) is 1.50. The van der Waals surface area contributed by atoms with Crippen LogP contribution in [0.1, 0.15) is 4.88 Å². The van der Waals surface area contributed by atoms with Gasteiger partial charge >= 0.3 is 12.1 Å². The molecule has 0 atom stereocenters. The summed E-state index contributed by atoms with van der Waals surface area (Å²) in [4.78, 5) is 11.0. The number of rotatable bonds is 2. The molecule has 0 aliphatic heterocycles. The van der Waals surface area contributed by atoms with Crippen LogP contribution in [0, 0.1) is 0 Å². The Morgan fingerprint density at radius 2 is 2.12 bits per heavy atom. The second-order valence-electron chi connectivity index (χ2n) is 2.66. The van der Waals surface area contributed by atoms with Gasteiger partial charge in [-0.3, -0.25) is 0 Å². The summed E-state index contributed by atoms with van der Waals surface area (Å²) >= 11 is 3.52. The van der Waals surface area contributed by atoms with E-state index in [2.05, 4.69) is 20.7 Å². The molecule has 0 N–H and O–H groups in total. The molecule has 1 aromatic heterocycles. The fourth-order valence-corrected chi connectivity index (χ4v) is 2.51. The molecule has 0 aliphatic carbocycles. The zero-order valence-electron chi connectivity index (χ0n) is 7.97. The van der Waals surface area contributed by atoms with Crippen molar-refractivity contribution in [3.63, 3.8) is 0 Å². The summed E-state index contributed by atoms with van der Waals surface area (Å²) in [5.41, 5.74) is -1.02. The second kappa shape index (κ2) is 5.01. The lowest BCUT2D eigenvalue weighted by Crippen LogP contribution is -2.15. The topological polar surface area (TPSA) is 26.3 Å². The minimum Gasteiger partial charge on any atom is -0.465 e. The fourth-order valence-electron chi connectivity index (χ4n) is 0.985. The molecular weight excluding hydrogens is 309 g/mol. The Morgan fingerprint density at radius 1 is 1.50 bits per heavy atom. The number of halogens is 4. The summed E-state index contributed by atoms with van der Waals surface area (Å²) in [5.74, 6) is -1.05. The molecule has 0 saturated heterocycles. The first-order valence-corrected chi connectivity index (χ1v) is 5.64. The monoisotopic (exact) mass is 314 g/mol. The Bertz CT molecular complexity index is 409. The van der Waals surface area contributed by atoms with Crippen LogP contribution in [0.4, 0.5) is 13.2 Å². The van der Waals surface area contributed by atoms with E-state index in [9.17, 15) is 18.0 Å². The highest BCUT2D eigenvalue weighted by molar-refractivity contribution is 9.12. The summed E-state index contributed by atoms with van der Waals surface area (Å²) < 4.78 is 41.9. The molecule has 1 heterocycles. The first-order valence-electron chi connectivity index (χ1n) is 3.97. The number of allylic oxidation sites excluding steroid dienone is 1. The number of ether oxygens (including phenoxy) is 1. The van der Waals surface area contributed by atoms with Crippen molar-refractivity contribution in [3.8, 4) is 0 Å². The van der Waals surface area contributed by atoms with Crippen LogP contribution in [0.5, 0.6) is 0 Å². The van der Waals surface area contributed by atoms with Crippen molar-refractivity contribution in [3.05, 3.63) is 26.9 Å². The number of thiophene rings is 1. The van der Waals surface area contributed by atoms with Crippen LogP contribution in [-0.2, 0) is 9.53 Å². The van der Waals surface area contributed by atoms with E-state index in [0.29, 0.717) is 0 Å². The average Bonchev–Trinajstić information content (AvgIpc) is 2.67. The van der Waals surface area contributed by atoms with Crippen LogP contribution in [0.25, 0.3) is 5.57 Å². The molecule has 0 radical (unpaired) electrons. The Morgan fingerprint density at radius 3 is 2.50 bits per heavy atom. The Kier molecular flexibility index (Phi) is 4.15. The molecule has 0 aliphatic rings. The molecule has 7 heteroatoms. The highest BCUT2D eigenvalue weighted by Gasteiger charge is 2.39. The largest absolute Gasteiger partial charge is 0.465 e. The summed E-state index contributed by atoms with van der Waals surface area (Å²) in [6.45, 7) is 0. The molecule has 0 bridgehead atoms. The van der Waals surface area contributed by atoms with Crippen molar-refractivity contribution >= 4 is 38.8 Å². The van der Waals surface area contributed by atoms with Gasteiger partial charge in [0.05, 0.1) is 12.7 Å². The molecule has 1 rings (SSSR count). The molecule has 0 unspecified atom stereocenters. The number of hydrogen-bond donors (Lipinski definition) is 0. The van der Waals surface area contributed by atoms with E-state index in [-0.39, 0.29) is 4.88 Å². The predicted molar refractivity (Wildman–Crippen MR) is 58.2 cm³/mol. The minimum absolute atomic E-state index is 0.0372.